The smallest absolute Gasteiger partial charge is 0.249 e. The zero-order chi connectivity index (χ0) is 12.7. The minimum atomic E-state index is -0.144. The van der Waals surface area contributed by atoms with E-state index in [-0.39, 0.29) is 18.0 Å². The summed E-state index contributed by atoms with van der Waals surface area (Å²) in [6.45, 7) is 6.11. The third kappa shape index (κ3) is 1.73. The van der Waals surface area contributed by atoms with Crippen molar-refractivity contribution in [2.45, 2.75) is 32.9 Å². The summed E-state index contributed by atoms with van der Waals surface area (Å²) >= 11 is 0. The van der Waals surface area contributed by atoms with Gasteiger partial charge in [-0.1, -0.05) is 0 Å². The van der Waals surface area contributed by atoms with Crippen LogP contribution in [0.2, 0.25) is 0 Å². The highest BCUT2D eigenvalue weighted by atomic mass is 16.2. The molecular weight excluding hydrogens is 214 g/mol. The van der Waals surface area contributed by atoms with Crippen LogP contribution in [0.25, 0.3) is 0 Å². The molecule has 0 bridgehead atoms. The van der Waals surface area contributed by atoms with Gasteiger partial charge >= 0.3 is 0 Å². The first-order chi connectivity index (χ1) is 7.93. The summed E-state index contributed by atoms with van der Waals surface area (Å²) in [6.07, 6.45) is 0. The van der Waals surface area contributed by atoms with Crippen molar-refractivity contribution in [1.29, 1.82) is 0 Å². The summed E-state index contributed by atoms with van der Waals surface area (Å²) in [5.74, 6) is 0.121. The van der Waals surface area contributed by atoms with Gasteiger partial charge in [0, 0.05) is 18.8 Å². The van der Waals surface area contributed by atoms with Crippen LogP contribution in [0.5, 0.6) is 0 Å². The van der Waals surface area contributed by atoms with Crippen LogP contribution in [0.3, 0.4) is 0 Å². The minimum absolute atomic E-state index is 0.121. The number of nitrogens with two attached hydrogens (primary N) is 1. The highest BCUT2D eigenvalue weighted by molar-refractivity contribution is 6.05. The molecule has 0 saturated heterocycles. The first-order valence-electron chi connectivity index (χ1n) is 5.89. The molecule has 4 nitrogen and oxygen atoms in total. The molecule has 0 fully saturated rings. The predicted octanol–water partition coefficient (Wildman–Crippen LogP) is 1.85. The van der Waals surface area contributed by atoms with E-state index in [1.165, 1.54) is 0 Å². The number of likely N-dealkylation sites (N-methyl/N-ethyl adjacent to an activating group) is 1. The molecule has 0 saturated carbocycles. The summed E-state index contributed by atoms with van der Waals surface area (Å²) in [6, 6.07) is 5.80. The van der Waals surface area contributed by atoms with E-state index in [9.17, 15) is 4.79 Å². The molecule has 0 spiro atoms. The van der Waals surface area contributed by atoms with Gasteiger partial charge in [-0.05, 0) is 39.0 Å². The zero-order valence-corrected chi connectivity index (χ0v) is 10.8. The van der Waals surface area contributed by atoms with Crippen LogP contribution in [-0.2, 0) is 4.79 Å². The van der Waals surface area contributed by atoms with Crippen molar-refractivity contribution in [1.82, 2.24) is 0 Å². The van der Waals surface area contributed by atoms with Crippen LogP contribution >= 0.6 is 0 Å². The molecule has 1 unspecified atom stereocenters. The van der Waals surface area contributed by atoms with Crippen LogP contribution in [0.15, 0.2) is 18.2 Å². The molecule has 17 heavy (non-hydrogen) atoms. The van der Waals surface area contributed by atoms with Gasteiger partial charge in [0.15, 0.2) is 0 Å². The Kier molecular flexibility index (Phi) is 2.73. The number of carbonyl (C=O) groups is 1. The molecule has 2 rings (SSSR count). The van der Waals surface area contributed by atoms with Crippen molar-refractivity contribution in [3.8, 4) is 0 Å². The lowest BCUT2D eigenvalue weighted by Gasteiger charge is -2.42. The van der Waals surface area contributed by atoms with Crippen molar-refractivity contribution in [2.75, 3.05) is 22.6 Å². The fourth-order valence-electron chi connectivity index (χ4n) is 2.48. The Balaban J connectivity index is 2.60. The highest BCUT2D eigenvalue weighted by Crippen LogP contribution is 2.37. The van der Waals surface area contributed by atoms with Gasteiger partial charge in [-0.15, -0.1) is 0 Å². The summed E-state index contributed by atoms with van der Waals surface area (Å²) in [7, 11) is 1.81. The topological polar surface area (TPSA) is 49.6 Å². The highest BCUT2D eigenvalue weighted by Gasteiger charge is 2.34. The molecule has 2 N–H and O–H groups in total. The second kappa shape index (κ2) is 3.95. The summed E-state index contributed by atoms with van der Waals surface area (Å²) in [5, 5.41) is 0. The Morgan fingerprint density at radius 3 is 2.53 bits per heavy atom. The van der Waals surface area contributed by atoms with E-state index < -0.39 is 0 Å². The lowest BCUT2D eigenvalue weighted by atomic mass is 10.0. The number of nitrogens with zero attached hydrogens (tertiary/aromatic N) is 2. The average Bonchev–Trinajstić information content (AvgIpc) is 2.25. The van der Waals surface area contributed by atoms with Crippen LogP contribution < -0.4 is 15.5 Å². The molecule has 1 amide bonds. The molecular formula is C13H19N3O. The maximum atomic E-state index is 12.1. The van der Waals surface area contributed by atoms with Crippen LogP contribution in [0, 0.1) is 0 Å². The number of anilines is 3. The van der Waals surface area contributed by atoms with Crippen molar-refractivity contribution < 1.29 is 4.79 Å². The maximum Gasteiger partial charge on any atom is 0.249 e. The van der Waals surface area contributed by atoms with Gasteiger partial charge in [0.2, 0.25) is 5.91 Å². The van der Waals surface area contributed by atoms with E-state index >= 15 is 0 Å². The number of carbonyl (C=O) groups excluding carboxylic acids is 1. The Morgan fingerprint density at radius 2 is 1.94 bits per heavy atom. The van der Waals surface area contributed by atoms with Crippen LogP contribution in [0.1, 0.15) is 20.8 Å². The maximum absolute atomic E-state index is 12.1. The Morgan fingerprint density at radius 1 is 1.29 bits per heavy atom. The Labute approximate surface area is 102 Å². The van der Waals surface area contributed by atoms with Gasteiger partial charge in [0.25, 0.3) is 0 Å². The van der Waals surface area contributed by atoms with Crippen molar-refractivity contribution in [3.63, 3.8) is 0 Å². The summed E-state index contributed by atoms with van der Waals surface area (Å²) < 4.78 is 0. The molecule has 92 valence electrons. The minimum Gasteiger partial charge on any atom is -0.399 e. The zero-order valence-electron chi connectivity index (χ0n) is 10.8. The molecule has 4 heteroatoms. The number of hydrogen-bond donors (Lipinski definition) is 1. The van der Waals surface area contributed by atoms with Crippen molar-refractivity contribution in [3.05, 3.63) is 18.2 Å². The third-order valence-corrected chi connectivity index (χ3v) is 3.30. The SMILES string of the molecule is CC(C)N1c2cc(N)ccc2N(C)C(=O)C1C. The lowest BCUT2D eigenvalue weighted by molar-refractivity contribution is -0.119. The van der Waals surface area contributed by atoms with Crippen molar-refractivity contribution >= 4 is 23.0 Å². The monoisotopic (exact) mass is 233 g/mol. The van der Waals surface area contributed by atoms with Gasteiger partial charge in [0.05, 0.1) is 11.4 Å². The van der Waals surface area contributed by atoms with E-state index in [0.29, 0.717) is 0 Å². The fraction of sp³-hybridized carbons (Fsp3) is 0.462. The van der Waals surface area contributed by atoms with Gasteiger partial charge < -0.3 is 15.5 Å². The quantitative estimate of drug-likeness (QED) is 0.753. The molecule has 1 atom stereocenters. The number of benzene rings is 1. The summed E-state index contributed by atoms with van der Waals surface area (Å²) in [4.78, 5) is 16.0. The number of amides is 1. The molecule has 0 radical (unpaired) electrons. The fourth-order valence-corrected chi connectivity index (χ4v) is 2.48. The van der Waals surface area contributed by atoms with Crippen molar-refractivity contribution in [2.24, 2.45) is 0 Å². The summed E-state index contributed by atoms with van der Waals surface area (Å²) in [5.41, 5.74) is 8.53. The van der Waals surface area contributed by atoms with Crippen LogP contribution in [-0.4, -0.2) is 25.0 Å². The Bertz CT molecular complexity index is 456. The van der Waals surface area contributed by atoms with E-state index in [2.05, 4.69) is 18.7 Å². The number of hydrogen-bond acceptors (Lipinski definition) is 3. The largest absolute Gasteiger partial charge is 0.399 e. The van der Waals surface area contributed by atoms with E-state index in [0.717, 1.165) is 17.1 Å². The second-order valence-corrected chi connectivity index (χ2v) is 4.82. The van der Waals surface area contributed by atoms with E-state index in [1.54, 1.807) is 4.90 Å². The standard InChI is InChI=1S/C13H19N3O/c1-8(2)16-9(3)13(17)15(4)11-6-5-10(14)7-12(11)16/h5-9H,14H2,1-4H3. The van der Waals surface area contributed by atoms with Gasteiger partial charge in [-0.2, -0.15) is 0 Å². The third-order valence-electron chi connectivity index (χ3n) is 3.30. The lowest BCUT2D eigenvalue weighted by Crippen LogP contribution is -2.53. The average molecular weight is 233 g/mol. The number of nitrogen functional groups attached to an aromatic ring is 1. The molecule has 1 heterocycles. The molecule has 0 aliphatic carbocycles. The number of rotatable bonds is 1. The Hall–Kier alpha value is -1.71. The first kappa shape index (κ1) is 11.8. The van der Waals surface area contributed by atoms with E-state index in [1.807, 2.05) is 32.2 Å². The second-order valence-electron chi connectivity index (χ2n) is 4.82. The first-order valence-corrected chi connectivity index (χ1v) is 5.89. The van der Waals surface area contributed by atoms with Crippen LogP contribution in [0.4, 0.5) is 17.1 Å². The molecule has 1 aromatic carbocycles. The molecule has 1 aromatic rings. The molecule has 1 aliphatic rings. The normalized spacial score (nSPS) is 19.8. The number of fused-ring (bicyclic) bond motifs is 1. The van der Waals surface area contributed by atoms with Gasteiger partial charge in [-0.3, -0.25) is 4.79 Å². The van der Waals surface area contributed by atoms with Gasteiger partial charge in [0.1, 0.15) is 6.04 Å². The molecule has 1 aliphatic heterocycles. The van der Waals surface area contributed by atoms with Gasteiger partial charge in [-0.25, -0.2) is 0 Å². The predicted molar refractivity (Wildman–Crippen MR) is 71.3 cm³/mol. The van der Waals surface area contributed by atoms with E-state index in [4.69, 9.17) is 5.73 Å². The molecule has 0 aromatic heterocycles.